The molecule has 0 radical (unpaired) electrons. The zero-order valence-corrected chi connectivity index (χ0v) is 16.1. The summed E-state index contributed by atoms with van der Waals surface area (Å²) in [4.78, 5) is 25.5. The standard InChI is InChI=1S/C20H22FN5O2/c1-12-11-26(7-6-25(12)3)18-5-4-14(10-22-18)20(27)24-15-8-16(21)19-17(9-15)28-13(2)23-19/h4-5,8-10,12H,6-7,11H2,1-3H3,(H,24,27). The molecular formula is C20H22FN5O2. The molecule has 1 N–H and O–H groups in total. The van der Waals surface area contributed by atoms with Crippen molar-refractivity contribution in [3.63, 3.8) is 0 Å². The molecule has 0 bridgehead atoms. The molecule has 7 nitrogen and oxygen atoms in total. The lowest BCUT2D eigenvalue weighted by atomic mass is 10.2. The first-order valence-corrected chi connectivity index (χ1v) is 9.20. The predicted octanol–water partition coefficient (Wildman–Crippen LogP) is 3.06. The van der Waals surface area contributed by atoms with Crippen molar-refractivity contribution in [1.82, 2.24) is 14.9 Å². The number of rotatable bonds is 3. The minimum absolute atomic E-state index is 0.155. The van der Waals surface area contributed by atoms with Crippen LogP contribution in [0.2, 0.25) is 0 Å². The van der Waals surface area contributed by atoms with E-state index in [1.54, 1.807) is 25.3 Å². The van der Waals surface area contributed by atoms with Gasteiger partial charge < -0.3 is 19.5 Å². The molecule has 8 heteroatoms. The van der Waals surface area contributed by atoms with Crippen LogP contribution in [0, 0.1) is 12.7 Å². The Bertz CT molecular complexity index is 1020. The van der Waals surface area contributed by atoms with Crippen molar-refractivity contribution in [3.05, 3.63) is 47.7 Å². The fraction of sp³-hybridized carbons (Fsp3) is 0.350. The summed E-state index contributed by atoms with van der Waals surface area (Å²) in [6.45, 7) is 6.59. The molecule has 146 valence electrons. The first-order chi connectivity index (χ1) is 13.4. The number of carbonyl (C=O) groups is 1. The van der Waals surface area contributed by atoms with Gasteiger partial charge in [0.15, 0.2) is 17.3 Å². The third-order valence-electron chi connectivity index (χ3n) is 5.11. The van der Waals surface area contributed by atoms with Gasteiger partial charge in [-0.15, -0.1) is 0 Å². The van der Waals surface area contributed by atoms with E-state index in [-0.39, 0.29) is 11.4 Å². The SMILES string of the molecule is Cc1nc2c(F)cc(NC(=O)c3ccc(N4CCN(C)C(C)C4)nc3)cc2o1. The van der Waals surface area contributed by atoms with Gasteiger partial charge in [0.1, 0.15) is 11.3 Å². The molecule has 4 rings (SSSR count). The fourth-order valence-electron chi connectivity index (χ4n) is 3.34. The number of aryl methyl sites for hydroxylation is 1. The molecule has 2 aromatic heterocycles. The quantitative estimate of drug-likeness (QED) is 0.749. The number of halogens is 1. The molecule has 1 atom stereocenters. The van der Waals surface area contributed by atoms with Gasteiger partial charge in [-0.25, -0.2) is 14.4 Å². The van der Waals surface area contributed by atoms with Gasteiger partial charge in [0.2, 0.25) is 0 Å². The highest BCUT2D eigenvalue weighted by molar-refractivity contribution is 6.04. The van der Waals surface area contributed by atoms with Crippen molar-refractivity contribution < 1.29 is 13.6 Å². The van der Waals surface area contributed by atoms with Crippen LogP contribution >= 0.6 is 0 Å². The Labute approximate surface area is 162 Å². The molecule has 1 aliphatic rings. The third kappa shape index (κ3) is 3.55. The van der Waals surface area contributed by atoms with Gasteiger partial charge in [-0.1, -0.05) is 0 Å². The van der Waals surface area contributed by atoms with Crippen LogP contribution in [0.4, 0.5) is 15.9 Å². The van der Waals surface area contributed by atoms with Crippen LogP contribution in [0.15, 0.2) is 34.9 Å². The number of anilines is 2. The summed E-state index contributed by atoms with van der Waals surface area (Å²) in [6, 6.07) is 6.81. The van der Waals surface area contributed by atoms with E-state index in [1.165, 1.54) is 6.07 Å². The zero-order chi connectivity index (χ0) is 19.8. The van der Waals surface area contributed by atoms with Gasteiger partial charge in [0.05, 0.1) is 5.56 Å². The van der Waals surface area contributed by atoms with Gasteiger partial charge in [-0.05, 0) is 32.2 Å². The van der Waals surface area contributed by atoms with Gasteiger partial charge in [-0.2, -0.15) is 0 Å². The largest absolute Gasteiger partial charge is 0.441 e. The van der Waals surface area contributed by atoms with Crippen molar-refractivity contribution in [2.45, 2.75) is 19.9 Å². The summed E-state index contributed by atoms with van der Waals surface area (Å²) < 4.78 is 19.5. The lowest BCUT2D eigenvalue weighted by molar-refractivity contribution is 0.102. The van der Waals surface area contributed by atoms with Gasteiger partial charge in [0.25, 0.3) is 5.91 Å². The molecule has 0 saturated carbocycles. The number of piperazine rings is 1. The van der Waals surface area contributed by atoms with Gasteiger partial charge in [0, 0.05) is 50.6 Å². The fourth-order valence-corrected chi connectivity index (χ4v) is 3.34. The van der Waals surface area contributed by atoms with E-state index in [4.69, 9.17) is 4.42 Å². The van der Waals surface area contributed by atoms with E-state index in [9.17, 15) is 9.18 Å². The van der Waals surface area contributed by atoms with E-state index < -0.39 is 5.82 Å². The molecule has 0 spiro atoms. The normalized spacial score (nSPS) is 17.9. The van der Waals surface area contributed by atoms with Crippen molar-refractivity contribution in [1.29, 1.82) is 0 Å². The average Bonchev–Trinajstić information content (AvgIpc) is 3.05. The van der Waals surface area contributed by atoms with Gasteiger partial charge in [-0.3, -0.25) is 4.79 Å². The number of hydrogen-bond acceptors (Lipinski definition) is 6. The van der Waals surface area contributed by atoms with Crippen molar-refractivity contribution in [3.8, 4) is 0 Å². The summed E-state index contributed by atoms with van der Waals surface area (Å²) >= 11 is 0. The maximum Gasteiger partial charge on any atom is 0.257 e. The Balaban J connectivity index is 1.48. The molecular weight excluding hydrogens is 361 g/mol. The van der Waals surface area contributed by atoms with Crippen molar-refractivity contribution in [2.75, 3.05) is 36.9 Å². The molecule has 1 amide bonds. The predicted molar refractivity (Wildman–Crippen MR) is 105 cm³/mol. The number of oxazole rings is 1. The lowest BCUT2D eigenvalue weighted by Crippen LogP contribution is -2.50. The minimum Gasteiger partial charge on any atom is -0.441 e. The van der Waals surface area contributed by atoms with Gasteiger partial charge >= 0.3 is 0 Å². The number of nitrogens with one attached hydrogen (secondary N) is 1. The highest BCUT2D eigenvalue weighted by atomic mass is 19.1. The Morgan fingerprint density at radius 1 is 1.32 bits per heavy atom. The summed E-state index contributed by atoms with van der Waals surface area (Å²) in [5.41, 5.74) is 1.16. The Morgan fingerprint density at radius 2 is 2.14 bits per heavy atom. The second-order valence-electron chi connectivity index (χ2n) is 7.17. The number of amides is 1. The topological polar surface area (TPSA) is 74.5 Å². The molecule has 28 heavy (non-hydrogen) atoms. The summed E-state index contributed by atoms with van der Waals surface area (Å²) in [5, 5.41) is 2.69. The van der Waals surface area contributed by atoms with E-state index >= 15 is 0 Å². The van der Waals surface area contributed by atoms with Crippen LogP contribution in [0.1, 0.15) is 23.2 Å². The number of likely N-dealkylation sites (N-methyl/N-ethyl adjacent to an activating group) is 1. The Hall–Kier alpha value is -3.00. The van der Waals surface area contributed by atoms with Crippen molar-refractivity contribution >= 4 is 28.5 Å². The lowest BCUT2D eigenvalue weighted by Gasteiger charge is -2.38. The molecule has 0 aliphatic carbocycles. The van der Waals surface area contributed by atoms with Crippen LogP contribution in [0.3, 0.4) is 0 Å². The molecule has 1 aromatic carbocycles. The van der Waals surface area contributed by atoms with Crippen molar-refractivity contribution in [2.24, 2.45) is 0 Å². The summed E-state index contributed by atoms with van der Waals surface area (Å²) in [6.07, 6.45) is 1.54. The number of aromatic nitrogens is 2. The van der Waals surface area contributed by atoms with Crippen LogP contribution in [-0.4, -0.2) is 53.5 Å². The molecule has 3 heterocycles. The third-order valence-corrected chi connectivity index (χ3v) is 5.11. The minimum atomic E-state index is -0.540. The van der Waals surface area contributed by atoms with E-state index in [0.717, 1.165) is 25.5 Å². The number of nitrogens with zero attached hydrogens (tertiary/aromatic N) is 4. The van der Waals surface area contributed by atoms with E-state index in [0.29, 0.717) is 28.8 Å². The van der Waals surface area contributed by atoms with Crippen LogP contribution in [0.5, 0.6) is 0 Å². The summed E-state index contributed by atoms with van der Waals surface area (Å²) in [7, 11) is 2.11. The molecule has 1 fully saturated rings. The number of pyridine rings is 1. The highest BCUT2D eigenvalue weighted by Gasteiger charge is 2.21. The maximum absolute atomic E-state index is 14.1. The first-order valence-electron chi connectivity index (χ1n) is 9.20. The first kappa shape index (κ1) is 18.4. The number of fused-ring (bicyclic) bond motifs is 1. The average molecular weight is 383 g/mol. The Kier molecular flexibility index (Phi) is 4.72. The highest BCUT2D eigenvalue weighted by Crippen LogP contribution is 2.24. The van der Waals surface area contributed by atoms with Crippen LogP contribution in [0.25, 0.3) is 11.1 Å². The van der Waals surface area contributed by atoms with Crippen LogP contribution < -0.4 is 10.2 Å². The number of carbonyl (C=O) groups excluding carboxylic acids is 1. The molecule has 1 aliphatic heterocycles. The van der Waals surface area contributed by atoms with E-state index in [1.807, 2.05) is 6.07 Å². The number of benzene rings is 1. The summed E-state index contributed by atoms with van der Waals surface area (Å²) in [5.74, 6) is 0.319. The second kappa shape index (κ2) is 7.20. The molecule has 1 unspecified atom stereocenters. The Morgan fingerprint density at radius 3 is 2.86 bits per heavy atom. The second-order valence-corrected chi connectivity index (χ2v) is 7.17. The molecule has 3 aromatic rings. The van der Waals surface area contributed by atoms with Crippen LogP contribution in [-0.2, 0) is 0 Å². The maximum atomic E-state index is 14.1. The zero-order valence-electron chi connectivity index (χ0n) is 16.1. The smallest absolute Gasteiger partial charge is 0.257 e. The monoisotopic (exact) mass is 383 g/mol. The molecule has 1 saturated heterocycles. The van der Waals surface area contributed by atoms with E-state index in [2.05, 4.69) is 39.1 Å². The number of hydrogen-bond donors (Lipinski definition) is 1.